The van der Waals surface area contributed by atoms with Crippen molar-refractivity contribution in [3.8, 4) is 0 Å². The number of nitrogens with zero attached hydrogens (tertiary/aromatic N) is 2. The Morgan fingerprint density at radius 2 is 1.89 bits per heavy atom. The number of aliphatic carboxylic acids is 1. The molecule has 1 aliphatic heterocycles. The summed E-state index contributed by atoms with van der Waals surface area (Å²) in [5.41, 5.74) is 0.505. The number of hydrogen-bond donors (Lipinski definition) is 2. The van der Waals surface area contributed by atoms with Gasteiger partial charge in [0.15, 0.2) is 0 Å². The Balaban J connectivity index is 2.10. The molecule has 0 saturated heterocycles. The molecule has 3 rings (SSSR count). The number of nitro benzene ring substituents is 1. The highest BCUT2D eigenvalue weighted by Gasteiger charge is 2.56. The Morgan fingerprint density at radius 3 is 2.49 bits per heavy atom. The van der Waals surface area contributed by atoms with Crippen LogP contribution in [0.4, 0.5) is 5.69 Å². The summed E-state index contributed by atoms with van der Waals surface area (Å²) in [4.78, 5) is 39.0. The van der Waals surface area contributed by atoms with Crippen LogP contribution < -0.4 is 5.32 Å². The molecule has 0 radical (unpaired) electrons. The lowest BCUT2D eigenvalue weighted by molar-refractivity contribution is -0.384. The van der Waals surface area contributed by atoms with E-state index in [2.05, 4.69) is 5.32 Å². The lowest BCUT2D eigenvalue weighted by Crippen LogP contribution is -2.57. The summed E-state index contributed by atoms with van der Waals surface area (Å²) in [6, 6.07) is 15.1. The van der Waals surface area contributed by atoms with Crippen molar-refractivity contribution in [2.75, 3.05) is 20.7 Å². The fourth-order valence-electron chi connectivity index (χ4n) is 5.04. The number of carbonyl (C=O) groups excluding carboxylic acids is 1. The minimum absolute atomic E-state index is 0.166. The van der Waals surface area contributed by atoms with Gasteiger partial charge in [0.2, 0.25) is 0 Å². The van der Waals surface area contributed by atoms with Crippen LogP contribution in [0.2, 0.25) is 0 Å². The Morgan fingerprint density at radius 1 is 1.20 bits per heavy atom. The summed E-state index contributed by atoms with van der Waals surface area (Å²) >= 11 is 0. The second-order valence-electron chi connectivity index (χ2n) is 9.00. The van der Waals surface area contributed by atoms with Crippen molar-refractivity contribution in [2.45, 2.75) is 38.8 Å². The van der Waals surface area contributed by atoms with Crippen molar-refractivity contribution in [1.29, 1.82) is 0 Å². The van der Waals surface area contributed by atoms with Gasteiger partial charge in [0.25, 0.3) is 5.69 Å². The van der Waals surface area contributed by atoms with Crippen LogP contribution in [0.1, 0.15) is 37.3 Å². The number of ether oxygens (including phenoxy) is 1. The third-order valence-electron chi connectivity index (χ3n) is 6.83. The standard InChI is InChI=1S/C26H31N3O6/c1-17-22(24(30)35-4)23(20-11-8-12-21(15-20)29(33)34)26(25(31)32,18(2)27-17)13-14-28(3)16-19-9-6-5-7-10-19/h5-12,15,18,23,27H,13-14,16H2,1-4H3,(H,31,32). The summed E-state index contributed by atoms with van der Waals surface area (Å²) in [5.74, 6) is -2.70. The summed E-state index contributed by atoms with van der Waals surface area (Å²) in [5, 5.41) is 25.3. The van der Waals surface area contributed by atoms with E-state index < -0.39 is 34.2 Å². The lowest BCUT2D eigenvalue weighted by Gasteiger charge is -2.47. The Kier molecular flexibility index (Phi) is 7.91. The zero-order chi connectivity index (χ0) is 25.8. The highest BCUT2D eigenvalue weighted by molar-refractivity contribution is 5.94. The first-order chi connectivity index (χ1) is 16.6. The summed E-state index contributed by atoms with van der Waals surface area (Å²) in [6.07, 6.45) is 0.195. The van der Waals surface area contributed by atoms with Crippen molar-refractivity contribution in [3.05, 3.63) is 87.1 Å². The number of nitro groups is 1. The van der Waals surface area contributed by atoms with Crippen molar-refractivity contribution in [2.24, 2.45) is 5.41 Å². The number of nitrogens with one attached hydrogen (secondary N) is 1. The SMILES string of the molecule is COC(=O)C1=C(C)NC(C)C(CCN(C)Cc2ccccc2)(C(=O)O)C1c1cccc([N+](=O)[O-])c1. The predicted octanol–water partition coefficient (Wildman–Crippen LogP) is 3.71. The first-order valence-electron chi connectivity index (χ1n) is 11.4. The summed E-state index contributed by atoms with van der Waals surface area (Å²) < 4.78 is 5.03. The number of non-ortho nitro benzene ring substituents is 1. The van der Waals surface area contributed by atoms with Crippen molar-refractivity contribution in [1.82, 2.24) is 10.2 Å². The van der Waals surface area contributed by atoms with Gasteiger partial charge in [0.1, 0.15) is 0 Å². The molecular formula is C26H31N3O6. The predicted molar refractivity (Wildman–Crippen MR) is 131 cm³/mol. The second kappa shape index (κ2) is 10.7. The number of carboxylic acid groups (broad SMARTS) is 1. The van der Waals surface area contributed by atoms with Gasteiger partial charge in [0, 0.05) is 36.3 Å². The highest BCUT2D eigenvalue weighted by Crippen LogP contribution is 2.51. The van der Waals surface area contributed by atoms with Gasteiger partial charge in [0.05, 0.1) is 23.0 Å². The van der Waals surface area contributed by atoms with Crippen LogP contribution in [-0.4, -0.2) is 53.6 Å². The van der Waals surface area contributed by atoms with Crippen molar-refractivity contribution < 1.29 is 24.4 Å². The van der Waals surface area contributed by atoms with E-state index in [-0.39, 0.29) is 17.7 Å². The van der Waals surface area contributed by atoms with E-state index in [9.17, 15) is 24.8 Å². The molecule has 2 aromatic carbocycles. The third-order valence-corrected chi connectivity index (χ3v) is 6.83. The Bertz CT molecular complexity index is 1130. The van der Waals surface area contributed by atoms with Gasteiger partial charge in [-0.3, -0.25) is 14.9 Å². The number of allylic oxidation sites excluding steroid dienone is 1. The molecule has 0 bridgehead atoms. The number of esters is 1. The van der Waals surface area contributed by atoms with E-state index in [1.165, 1.54) is 25.3 Å². The van der Waals surface area contributed by atoms with Gasteiger partial charge in [-0.15, -0.1) is 0 Å². The molecule has 2 aromatic rings. The molecular weight excluding hydrogens is 450 g/mol. The molecule has 0 fully saturated rings. The Hall–Kier alpha value is -3.72. The van der Waals surface area contributed by atoms with Crippen LogP contribution in [0.15, 0.2) is 65.9 Å². The molecule has 35 heavy (non-hydrogen) atoms. The zero-order valence-electron chi connectivity index (χ0n) is 20.4. The highest BCUT2D eigenvalue weighted by atomic mass is 16.6. The molecule has 9 nitrogen and oxygen atoms in total. The van der Waals surface area contributed by atoms with E-state index in [1.807, 2.05) is 42.3 Å². The average Bonchev–Trinajstić information content (AvgIpc) is 2.83. The topological polar surface area (TPSA) is 122 Å². The van der Waals surface area contributed by atoms with E-state index in [0.717, 1.165) is 5.56 Å². The lowest BCUT2D eigenvalue weighted by atomic mass is 9.60. The first-order valence-corrected chi connectivity index (χ1v) is 11.4. The van der Waals surface area contributed by atoms with E-state index in [1.54, 1.807) is 19.9 Å². The number of hydrogen-bond acceptors (Lipinski definition) is 7. The Labute approximate surface area is 204 Å². The number of methoxy groups -OCH3 is 1. The molecule has 0 aromatic heterocycles. The van der Waals surface area contributed by atoms with Gasteiger partial charge in [-0.25, -0.2) is 4.79 Å². The third kappa shape index (κ3) is 5.19. The van der Waals surface area contributed by atoms with Gasteiger partial charge in [-0.1, -0.05) is 42.5 Å². The van der Waals surface area contributed by atoms with Crippen LogP contribution in [-0.2, 0) is 20.9 Å². The van der Waals surface area contributed by atoms with Crippen molar-refractivity contribution >= 4 is 17.6 Å². The molecule has 1 heterocycles. The molecule has 0 amide bonds. The molecule has 3 atom stereocenters. The fraction of sp³-hybridized carbons (Fsp3) is 0.385. The number of carboxylic acids is 1. The van der Waals surface area contributed by atoms with Gasteiger partial charge in [-0.05, 0) is 45.0 Å². The zero-order valence-corrected chi connectivity index (χ0v) is 20.4. The molecule has 0 aliphatic carbocycles. The molecule has 1 aliphatic rings. The molecule has 186 valence electrons. The average molecular weight is 482 g/mol. The van der Waals surface area contributed by atoms with Crippen LogP contribution >= 0.6 is 0 Å². The van der Waals surface area contributed by atoms with E-state index >= 15 is 0 Å². The molecule has 2 N–H and O–H groups in total. The normalized spacial score (nSPS) is 22.0. The largest absolute Gasteiger partial charge is 0.481 e. The van der Waals surface area contributed by atoms with Crippen molar-refractivity contribution in [3.63, 3.8) is 0 Å². The summed E-state index contributed by atoms with van der Waals surface area (Å²) in [6.45, 7) is 4.51. The fourth-order valence-corrected chi connectivity index (χ4v) is 5.04. The number of benzene rings is 2. The van der Waals surface area contributed by atoms with E-state index in [4.69, 9.17) is 4.74 Å². The van der Waals surface area contributed by atoms with E-state index in [0.29, 0.717) is 24.4 Å². The van der Waals surface area contributed by atoms with Crippen LogP contribution in [0.25, 0.3) is 0 Å². The van der Waals surface area contributed by atoms with Crippen LogP contribution in [0, 0.1) is 15.5 Å². The number of carbonyl (C=O) groups is 2. The summed E-state index contributed by atoms with van der Waals surface area (Å²) in [7, 11) is 3.15. The minimum atomic E-state index is -1.47. The van der Waals surface area contributed by atoms with Gasteiger partial charge >= 0.3 is 11.9 Å². The minimum Gasteiger partial charge on any atom is -0.481 e. The monoisotopic (exact) mass is 481 g/mol. The molecule has 3 unspecified atom stereocenters. The van der Waals surface area contributed by atoms with Gasteiger partial charge in [-0.2, -0.15) is 0 Å². The van der Waals surface area contributed by atoms with Crippen LogP contribution in [0.3, 0.4) is 0 Å². The van der Waals surface area contributed by atoms with Crippen LogP contribution in [0.5, 0.6) is 0 Å². The number of rotatable bonds is 9. The molecule has 0 spiro atoms. The maximum atomic E-state index is 13.1. The molecule has 9 heteroatoms. The molecule has 0 saturated carbocycles. The maximum absolute atomic E-state index is 13.1. The quantitative estimate of drug-likeness (QED) is 0.316. The maximum Gasteiger partial charge on any atom is 0.336 e. The smallest absolute Gasteiger partial charge is 0.336 e. The first kappa shape index (κ1) is 25.9. The second-order valence-corrected chi connectivity index (χ2v) is 9.00. The van der Waals surface area contributed by atoms with Gasteiger partial charge < -0.3 is 20.1 Å².